The number of carbonyl (C=O) groups excluding carboxylic acids is 1. The van der Waals surface area contributed by atoms with Crippen molar-refractivity contribution in [1.29, 1.82) is 0 Å². The summed E-state index contributed by atoms with van der Waals surface area (Å²) in [5.41, 5.74) is 0.335. The Morgan fingerprint density at radius 1 is 1.35 bits per heavy atom. The Bertz CT molecular complexity index is 747. The molecule has 0 radical (unpaired) electrons. The molecule has 7 nitrogen and oxygen atoms in total. The summed E-state index contributed by atoms with van der Waals surface area (Å²) in [5, 5.41) is 20.7. The third kappa shape index (κ3) is 2.69. The molecule has 0 atom stereocenters. The van der Waals surface area contributed by atoms with Gasteiger partial charge in [-0.2, -0.15) is 0 Å². The van der Waals surface area contributed by atoms with Crippen LogP contribution in [0.2, 0.25) is 0 Å². The maximum atomic E-state index is 11.9. The molecule has 1 aromatic carbocycles. The van der Waals surface area contributed by atoms with Crippen LogP contribution in [0.3, 0.4) is 0 Å². The van der Waals surface area contributed by atoms with Gasteiger partial charge in [0.2, 0.25) is 0 Å². The Kier molecular flexibility index (Phi) is 3.57. The fraction of sp³-hybridized carbons (Fsp3) is 0.0833. The summed E-state index contributed by atoms with van der Waals surface area (Å²) in [6.45, 7) is 1.59. The molecule has 0 unspecified atom stereocenters. The lowest BCUT2D eigenvalue weighted by molar-refractivity contribution is 0.0693. The summed E-state index contributed by atoms with van der Waals surface area (Å²) < 4.78 is 0. The van der Waals surface area contributed by atoms with Crippen molar-refractivity contribution in [2.75, 3.05) is 5.32 Å². The van der Waals surface area contributed by atoms with Gasteiger partial charge >= 0.3 is 10.8 Å². The number of carboxylic acid groups (broad SMARTS) is 1. The summed E-state index contributed by atoms with van der Waals surface area (Å²) >= 11 is 0.767. The second kappa shape index (κ2) is 5.17. The number of hydrogen-bond acceptors (Lipinski definition) is 5. The Hall–Kier alpha value is -2.61. The molecule has 1 amide bonds. The zero-order valence-corrected chi connectivity index (χ0v) is 11.1. The molecule has 1 aromatic heterocycles. The third-order valence-corrected chi connectivity index (χ3v) is 3.50. The van der Waals surface area contributed by atoms with Crippen molar-refractivity contribution in [3.8, 4) is 5.75 Å². The number of thiazole rings is 1. The topological polar surface area (TPSA) is 119 Å². The van der Waals surface area contributed by atoms with Gasteiger partial charge in [-0.25, -0.2) is 4.79 Å². The van der Waals surface area contributed by atoms with E-state index in [1.807, 2.05) is 0 Å². The summed E-state index contributed by atoms with van der Waals surface area (Å²) in [6.07, 6.45) is 0. The quantitative estimate of drug-likeness (QED) is 0.638. The Labute approximate surface area is 116 Å². The first kappa shape index (κ1) is 13.8. The number of amides is 1. The summed E-state index contributed by atoms with van der Waals surface area (Å²) in [7, 11) is 0. The molecule has 0 aliphatic rings. The van der Waals surface area contributed by atoms with Gasteiger partial charge in [0.15, 0.2) is 0 Å². The number of hydrogen-bond donors (Lipinski definition) is 4. The monoisotopic (exact) mass is 294 g/mol. The van der Waals surface area contributed by atoms with Crippen molar-refractivity contribution in [1.82, 2.24) is 4.98 Å². The van der Waals surface area contributed by atoms with Crippen LogP contribution >= 0.6 is 11.3 Å². The molecule has 8 heteroatoms. The summed E-state index contributed by atoms with van der Waals surface area (Å²) in [6, 6.07) is 3.68. The van der Waals surface area contributed by atoms with E-state index in [1.165, 1.54) is 12.1 Å². The molecule has 0 fully saturated rings. The molecule has 0 bridgehead atoms. The van der Waals surface area contributed by atoms with Crippen LogP contribution in [-0.4, -0.2) is 27.1 Å². The van der Waals surface area contributed by atoms with E-state index in [0.29, 0.717) is 5.69 Å². The number of rotatable bonds is 3. The molecule has 0 saturated heterocycles. The standard InChI is InChI=1S/C12H10N2O5S/c1-5-9(20-12(19)13-5)10(16)14-6-2-3-8(15)7(4-6)11(17)18/h2-4,15H,1H3,(H,13,19)(H,14,16)(H,17,18). The predicted molar refractivity (Wildman–Crippen MR) is 72.7 cm³/mol. The average Bonchev–Trinajstić information content (AvgIpc) is 2.70. The van der Waals surface area contributed by atoms with Crippen LogP contribution in [0.1, 0.15) is 25.7 Å². The molecule has 0 aliphatic heterocycles. The number of carbonyl (C=O) groups is 2. The lowest BCUT2D eigenvalue weighted by Crippen LogP contribution is -2.12. The minimum absolute atomic E-state index is 0.213. The highest BCUT2D eigenvalue weighted by molar-refractivity contribution is 7.11. The lowest BCUT2D eigenvalue weighted by atomic mass is 10.2. The maximum Gasteiger partial charge on any atom is 0.339 e. The molecule has 0 spiro atoms. The molecule has 2 aromatic rings. The van der Waals surface area contributed by atoms with E-state index in [1.54, 1.807) is 6.92 Å². The Balaban J connectivity index is 2.28. The van der Waals surface area contributed by atoms with Gasteiger partial charge in [0.25, 0.3) is 5.91 Å². The summed E-state index contributed by atoms with van der Waals surface area (Å²) in [4.78, 5) is 36.3. The number of benzene rings is 1. The molecule has 2 rings (SSSR count). The highest BCUT2D eigenvalue weighted by Crippen LogP contribution is 2.22. The van der Waals surface area contributed by atoms with Gasteiger partial charge in [0.05, 0.1) is 0 Å². The zero-order valence-electron chi connectivity index (χ0n) is 10.3. The molecule has 1 heterocycles. The zero-order chi connectivity index (χ0) is 14.9. The molecule has 0 saturated carbocycles. The van der Waals surface area contributed by atoms with Crippen LogP contribution in [0, 0.1) is 6.92 Å². The molecule has 104 valence electrons. The third-order valence-electron chi connectivity index (χ3n) is 2.52. The van der Waals surface area contributed by atoms with Crippen LogP contribution in [0.5, 0.6) is 5.75 Å². The largest absolute Gasteiger partial charge is 0.507 e. The van der Waals surface area contributed by atoms with E-state index >= 15 is 0 Å². The van der Waals surface area contributed by atoms with Crippen molar-refractivity contribution >= 4 is 28.9 Å². The molecule has 4 N–H and O–H groups in total. The van der Waals surface area contributed by atoms with Crippen LogP contribution in [0.15, 0.2) is 23.0 Å². The van der Waals surface area contributed by atoms with Crippen molar-refractivity contribution in [2.24, 2.45) is 0 Å². The van der Waals surface area contributed by atoms with Gasteiger partial charge in [-0.05, 0) is 25.1 Å². The number of aromatic nitrogens is 1. The number of nitrogens with one attached hydrogen (secondary N) is 2. The number of aromatic carboxylic acids is 1. The smallest absolute Gasteiger partial charge is 0.339 e. The number of aryl methyl sites for hydroxylation is 1. The first-order chi connectivity index (χ1) is 9.38. The second-order valence-electron chi connectivity index (χ2n) is 3.96. The van der Waals surface area contributed by atoms with Crippen molar-refractivity contribution in [3.05, 3.63) is 44.0 Å². The highest BCUT2D eigenvalue weighted by Gasteiger charge is 2.15. The Morgan fingerprint density at radius 2 is 2.05 bits per heavy atom. The molecular formula is C12H10N2O5S. The van der Waals surface area contributed by atoms with Gasteiger partial charge < -0.3 is 20.5 Å². The number of aromatic hydroxyl groups is 1. The van der Waals surface area contributed by atoms with Crippen LogP contribution in [0.25, 0.3) is 0 Å². The fourth-order valence-corrected chi connectivity index (χ4v) is 2.33. The number of H-pyrrole nitrogens is 1. The van der Waals surface area contributed by atoms with Crippen molar-refractivity contribution in [3.63, 3.8) is 0 Å². The lowest BCUT2D eigenvalue weighted by Gasteiger charge is -2.06. The molecule has 0 aliphatic carbocycles. The SMILES string of the molecule is Cc1[nH]c(=O)sc1C(=O)Nc1ccc(O)c(C(=O)O)c1. The molecule has 20 heavy (non-hydrogen) atoms. The van der Waals surface area contributed by atoms with Gasteiger partial charge in [-0.1, -0.05) is 11.3 Å². The van der Waals surface area contributed by atoms with Crippen LogP contribution in [-0.2, 0) is 0 Å². The number of aromatic amines is 1. The first-order valence-electron chi connectivity index (χ1n) is 5.46. The van der Waals surface area contributed by atoms with E-state index < -0.39 is 17.6 Å². The first-order valence-corrected chi connectivity index (χ1v) is 6.27. The van der Waals surface area contributed by atoms with Gasteiger partial charge in [-0.3, -0.25) is 9.59 Å². The van der Waals surface area contributed by atoms with Gasteiger partial charge in [0.1, 0.15) is 16.2 Å². The van der Waals surface area contributed by atoms with E-state index in [2.05, 4.69) is 10.3 Å². The normalized spacial score (nSPS) is 10.2. The Morgan fingerprint density at radius 3 is 2.60 bits per heavy atom. The predicted octanol–water partition coefficient (Wildman–Crippen LogP) is 1.40. The van der Waals surface area contributed by atoms with Crippen molar-refractivity contribution < 1.29 is 19.8 Å². The van der Waals surface area contributed by atoms with E-state index in [-0.39, 0.29) is 21.0 Å². The average molecular weight is 294 g/mol. The van der Waals surface area contributed by atoms with Crippen LogP contribution < -0.4 is 10.2 Å². The van der Waals surface area contributed by atoms with E-state index in [9.17, 15) is 19.5 Å². The van der Waals surface area contributed by atoms with Crippen LogP contribution in [0.4, 0.5) is 5.69 Å². The summed E-state index contributed by atoms with van der Waals surface area (Å²) in [5.74, 6) is -2.22. The second-order valence-corrected chi connectivity index (χ2v) is 4.94. The highest BCUT2D eigenvalue weighted by atomic mass is 32.1. The minimum atomic E-state index is -1.30. The number of carboxylic acids is 1. The van der Waals surface area contributed by atoms with Gasteiger partial charge in [0, 0.05) is 11.4 Å². The fourth-order valence-electron chi connectivity index (χ4n) is 1.59. The van der Waals surface area contributed by atoms with E-state index in [4.69, 9.17) is 5.11 Å². The molecular weight excluding hydrogens is 284 g/mol. The maximum absolute atomic E-state index is 11.9. The van der Waals surface area contributed by atoms with Gasteiger partial charge in [-0.15, -0.1) is 0 Å². The van der Waals surface area contributed by atoms with Crippen molar-refractivity contribution in [2.45, 2.75) is 6.92 Å². The minimum Gasteiger partial charge on any atom is -0.507 e. The van der Waals surface area contributed by atoms with E-state index in [0.717, 1.165) is 17.4 Å². The number of anilines is 1. The number of phenols is 1.